The Morgan fingerprint density at radius 1 is 1.35 bits per heavy atom. The van der Waals surface area contributed by atoms with Crippen LogP contribution in [0.15, 0.2) is 20.8 Å². The van der Waals surface area contributed by atoms with Gasteiger partial charge in [-0.3, -0.25) is 4.79 Å². The van der Waals surface area contributed by atoms with Crippen molar-refractivity contribution in [3.05, 3.63) is 21.3 Å². The number of halogens is 1. The van der Waals surface area contributed by atoms with Crippen molar-refractivity contribution in [1.29, 1.82) is 0 Å². The third kappa shape index (κ3) is 3.69. The third-order valence-electron chi connectivity index (χ3n) is 1.74. The second-order valence-corrected chi connectivity index (χ2v) is 7.82. The van der Waals surface area contributed by atoms with Crippen LogP contribution in [-0.2, 0) is 0 Å². The van der Waals surface area contributed by atoms with Crippen LogP contribution in [-0.4, -0.2) is 28.0 Å². The predicted octanol–water partition coefficient (Wildman–Crippen LogP) is 3.95. The van der Waals surface area contributed by atoms with Crippen molar-refractivity contribution >= 4 is 63.6 Å². The molecule has 0 N–H and O–H groups in total. The zero-order valence-corrected chi connectivity index (χ0v) is 12.7. The summed E-state index contributed by atoms with van der Waals surface area (Å²) in [7, 11) is 0. The van der Waals surface area contributed by atoms with Gasteiger partial charge in [0.25, 0.3) is 0 Å². The highest BCUT2D eigenvalue weighted by Gasteiger charge is 2.11. The lowest BCUT2D eigenvalue weighted by atomic mass is 10.4. The molecule has 0 aliphatic heterocycles. The molecule has 0 spiro atoms. The first-order valence-electron chi connectivity index (χ1n) is 4.48. The van der Waals surface area contributed by atoms with Crippen LogP contribution in [0.1, 0.15) is 9.67 Å². The monoisotopic (exact) mass is 322 g/mol. The Morgan fingerprint density at radius 2 is 2.12 bits per heavy atom. The third-order valence-corrected chi connectivity index (χ3v) is 6.04. The number of carbonyl (C=O) groups is 1. The molecule has 2 heterocycles. The Labute approximate surface area is 120 Å². The highest BCUT2D eigenvalue weighted by Crippen LogP contribution is 2.29. The number of ketones is 1. The summed E-state index contributed by atoms with van der Waals surface area (Å²) in [6.07, 6.45) is 1.95. The van der Waals surface area contributed by atoms with Crippen molar-refractivity contribution in [2.24, 2.45) is 0 Å². The maximum absolute atomic E-state index is 11.8. The zero-order chi connectivity index (χ0) is 12.3. The molecule has 2 aromatic heterocycles. The summed E-state index contributed by atoms with van der Waals surface area (Å²) in [5, 5.41) is 7.96. The molecule has 0 fully saturated rings. The smallest absolute Gasteiger partial charge is 0.183 e. The van der Waals surface area contributed by atoms with Crippen LogP contribution in [0, 0.1) is 0 Å². The second kappa shape index (κ2) is 6.19. The number of aromatic nitrogens is 2. The van der Waals surface area contributed by atoms with E-state index in [4.69, 9.17) is 11.6 Å². The van der Waals surface area contributed by atoms with Crippen LogP contribution in [0.2, 0.25) is 4.34 Å². The molecule has 0 unspecified atom stereocenters. The summed E-state index contributed by atoms with van der Waals surface area (Å²) in [5.41, 5.74) is 0. The Bertz CT molecular complexity index is 525. The fraction of sp³-hybridized carbons (Fsp3) is 0.222. The Morgan fingerprint density at radius 3 is 2.71 bits per heavy atom. The van der Waals surface area contributed by atoms with E-state index in [9.17, 15) is 4.79 Å². The van der Waals surface area contributed by atoms with Crippen LogP contribution >= 0.6 is 57.8 Å². The van der Waals surface area contributed by atoms with E-state index < -0.39 is 0 Å². The standard InChI is InChI=1S/C9H7ClN2OS4/c1-14-8-11-12-9(17-8)15-4-5(13)6-2-3-7(10)16-6/h2-3H,4H2,1H3. The van der Waals surface area contributed by atoms with Gasteiger partial charge in [-0.15, -0.1) is 21.5 Å². The number of hydrogen-bond donors (Lipinski definition) is 0. The van der Waals surface area contributed by atoms with E-state index in [1.807, 2.05) is 6.26 Å². The molecule has 0 amide bonds. The predicted molar refractivity (Wildman–Crippen MR) is 76.1 cm³/mol. The number of hydrogen-bond acceptors (Lipinski definition) is 7. The fourth-order valence-electron chi connectivity index (χ4n) is 1.00. The van der Waals surface area contributed by atoms with Gasteiger partial charge in [0.1, 0.15) is 0 Å². The summed E-state index contributed by atoms with van der Waals surface area (Å²) in [6, 6.07) is 3.49. The van der Waals surface area contributed by atoms with Gasteiger partial charge in [-0.2, -0.15) is 0 Å². The molecular weight excluding hydrogens is 316 g/mol. The normalized spacial score (nSPS) is 10.7. The van der Waals surface area contributed by atoms with Gasteiger partial charge in [-0.05, 0) is 18.4 Å². The number of nitrogens with zero attached hydrogens (tertiary/aromatic N) is 2. The Kier molecular flexibility index (Phi) is 4.87. The second-order valence-electron chi connectivity index (χ2n) is 2.85. The number of thiophene rings is 1. The molecule has 0 saturated carbocycles. The fourth-order valence-corrected chi connectivity index (χ4v) is 4.39. The van der Waals surface area contributed by atoms with Gasteiger partial charge < -0.3 is 0 Å². The summed E-state index contributed by atoms with van der Waals surface area (Å²) in [5.74, 6) is 0.452. The molecule has 0 atom stereocenters. The van der Waals surface area contributed by atoms with Crippen molar-refractivity contribution in [2.75, 3.05) is 12.0 Å². The van der Waals surface area contributed by atoms with E-state index in [1.54, 1.807) is 23.9 Å². The lowest BCUT2D eigenvalue weighted by molar-refractivity contribution is 0.102. The number of carbonyl (C=O) groups excluding carboxylic acids is 1. The lowest BCUT2D eigenvalue weighted by Gasteiger charge is -1.94. The average Bonchev–Trinajstić information content (AvgIpc) is 2.94. The summed E-state index contributed by atoms with van der Waals surface area (Å²) < 4.78 is 2.38. The first-order valence-corrected chi connectivity index (χ1v) is 8.70. The highest BCUT2D eigenvalue weighted by atomic mass is 35.5. The molecule has 0 radical (unpaired) electrons. The Hall–Kier alpha value is -0.0800. The van der Waals surface area contributed by atoms with E-state index in [0.717, 1.165) is 8.68 Å². The summed E-state index contributed by atoms with van der Waals surface area (Å²) >= 11 is 11.6. The van der Waals surface area contributed by atoms with Gasteiger partial charge in [-0.1, -0.05) is 46.5 Å². The number of Topliss-reactive ketones (excluding diaryl/α,β-unsaturated/α-hetero) is 1. The van der Waals surface area contributed by atoms with E-state index in [-0.39, 0.29) is 5.78 Å². The van der Waals surface area contributed by atoms with Crippen LogP contribution in [0.4, 0.5) is 0 Å². The largest absolute Gasteiger partial charge is 0.292 e. The van der Waals surface area contributed by atoms with Crippen LogP contribution in [0.5, 0.6) is 0 Å². The molecule has 17 heavy (non-hydrogen) atoms. The molecular formula is C9H7ClN2OS4. The molecule has 2 aromatic rings. The van der Waals surface area contributed by atoms with Gasteiger partial charge in [-0.25, -0.2) is 0 Å². The number of rotatable bonds is 5. The molecule has 2 rings (SSSR count). The minimum atomic E-state index is 0.0767. The average molecular weight is 323 g/mol. The molecule has 90 valence electrons. The van der Waals surface area contributed by atoms with E-state index in [2.05, 4.69) is 10.2 Å². The quantitative estimate of drug-likeness (QED) is 0.616. The maximum atomic E-state index is 11.8. The first-order chi connectivity index (χ1) is 8.19. The molecule has 8 heteroatoms. The van der Waals surface area contributed by atoms with E-state index in [0.29, 0.717) is 15.0 Å². The molecule has 0 saturated heterocycles. The first kappa shape index (κ1) is 13.4. The van der Waals surface area contributed by atoms with Crippen molar-refractivity contribution in [3.8, 4) is 0 Å². The molecule has 0 aliphatic carbocycles. The van der Waals surface area contributed by atoms with Crippen molar-refractivity contribution in [3.63, 3.8) is 0 Å². The van der Waals surface area contributed by atoms with Crippen LogP contribution in [0.25, 0.3) is 0 Å². The molecule has 0 aromatic carbocycles. The zero-order valence-electron chi connectivity index (χ0n) is 8.68. The van der Waals surface area contributed by atoms with Crippen LogP contribution in [0.3, 0.4) is 0 Å². The minimum Gasteiger partial charge on any atom is -0.292 e. The molecule has 0 bridgehead atoms. The van der Waals surface area contributed by atoms with Gasteiger partial charge in [0.15, 0.2) is 14.5 Å². The lowest BCUT2D eigenvalue weighted by Crippen LogP contribution is -1.98. The molecule has 3 nitrogen and oxygen atoms in total. The maximum Gasteiger partial charge on any atom is 0.183 e. The van der Waals surface area contributed by atoms with E-state index in [1.165, 1.54) is 34.4 Å². The van der Waals surface area contributed by atoms with Crippen LogP contribution < -0.4 is 0 Å². The topological polar surface area (TPSA) is 42.9 Å². The summed E-state index contributed by atoms with van der Waals surface area (Å²) in [6.45, 7) is 0. The van der Waals surface area contributed by atoms with Crippen molar-refractivity contribution in [1.82, 2.24) is 10.2 Å². The SMILES string of the molecule is CSc1nnc(SCC(=O)c2ccc(Cl)s2)s1. The van der Waals surface area contributed by atoms with Gasteiger partial charge in [0, 0.05) is 0 Å². The van der Waals surface area contributed by atoms with Gasteiger partial charge >= 0.3 is 0 Å². The summed E-state index contributed by atoms with van der Waals surface area (Å²) in [4.78, 5) is 12.5. The highest BCUT2D eigenvalue weighted by molar-refractivity contribution is 8.03. The van der Waals surface area contributed by atoms with Gasteiger partial charge in [0.05, 0.1) is 15.0 Å². The van der Waals surface area contributed by atoms with Gasteiger partial charge in [0.2, 0.25) is 0 Å². The van der Waals surface area contributed by atoms with Crippen molar-refractivity contribution in [2.45, 2.75) is 8.68 Å². The number of thioether (sulfide) groups is 2. The minimum absolute atomic E-state index is 0.0767. The van der Waals surface area contributed by atoms with E-state index >= 15 is 0 Å². The van der Waals surface area contributed by atoms with Crippen molar-refractivity contribution < 1.29 is 4.79 Å². The molecule has 0 aliphatic rings. The Balaban J connectivity index is 1.92.